The normalized spacial score (nSPS) is 11.1. The first-order chi connectivity index (χ1) is 10.4. The molecule has 124 valence electrons. The number of carbonyl (C=O) groups excluding carboxylic acids is 1. The molecule has 0 unspecified atom stereocenters. The van der Waals surface area contributed by atoms with E-state index in [1.54, 1.807) is 0 Å². The first kappa shape index (κ1) is 18.3. The molecular weight excluding hydrogens is 276 g/mol. The molecule has 0 bridgehead atoms. The van der Waals surface area contributed by atoms with Crippen molar-refractivity contribution in [3.05, 3.63) is 29.8 Å². The zero-order valence-electron chi connectivity index (χ0n) is 14.4. The lowest BCUT2D eigenvalue weighted by atomic mass is 9.87. The molecule has 22 heavy (non-hydrogen) atoms. The Bertz CT molecular complexity index is 453. The molecule has 0 saturated heterocycles. The molecule has 0 fully saturated rings. The third-order valence-electron chi connectivity index (χ3n) is 3.42. The Balaban J connectivity index is 2.23. The van der Waals surface area contributed by atoms with Crippen molar-refractivity contribution in [2.75, 3.05) is 19.7 Å². The number of unbranched alkanes of at least 4 members (excludes halogenated alkanes) is 2. The average Bonchev–Trinajstić information content (AvgIpc) is 2.48. The molecule has 0 aliphatic heterocycles. The number of nitrogens with one attached hydrogen (secondary N) is 2. The first-order valence-corrected chi connectivity index (χ1v) is 8.18. The summed E-state index contributed by atoms with van der Waals surface area (Å²) in [5.74, 6) is 0.845. The van der Waals surface area contributed by atoms with Gasteiger partial charge < -0.3 is 15.4 Å². The second-order valence-corrected chi connectivity index (χ2v) is 6.52. The molecule has 0 saturated carbocycles. The Morgan fingerprint density at radius 3 is 2.55 bits per heavy atom. The van der Waals surface area contributed by atoms with Crippen LogP contribution in [0.3, 0.4) is 0 Å². The monoisotopic (exact) mass is 306 g/mol. The Kier molecular flexibility index (Phi) is 7.78. The molecule has 2 amide bonds. The van der Waals surface area contributed by atoms with Gasteiger partial charge in [0, 0.05) is 6.54 Å². The summed E-state index contributed by atoms with van der Waals surface area (Å²) in [5, 5.41) is 5.64. The fourth-order valence-corrected chi connectivity index (χ4v) is 2.03. The highest BCUT2D eigenvalue weighted by atomic mass is 16.5. The standard InChI is InChI=1S/C18H30N2O2/c1-5-6-7-11-19-17(21)20-12-13-22-16-10-8-9-15(14-16)18(2,3)4/h8-10,14H,5-7,11-13H2,1-4H3,(H2,19,20,21). The number of hydrogen-bond donors (Lipinski definition) is 2. The maximum absolute atomic E-state index is 11.5. The zero-order valence-corrected chi connectivity index (χ0v) is 14.4. The highest BCUT2D eigenvalue weighted by Crippen LogP contribution is 2.25. The maximum atomic E-state index is 11.5. The van der Waals surface area contributed by atoms with E-state index >= 15 is 0 Å². The van der Waals surface area contributed by atoms with Gasteiger partial charge >= 0.3 is 6.03 Å². The summed E-state index contributed by atoms with van der Waals surface area (Å²) >= 11 is 0. The number of hydrogen-bond acceptors (Lipinski definition) is 2. The van der Waals surface area contributed by atoms with E-state index in [-0.39, 0.29) is 11.4 Å². The molecule has 1 aromatic rings. The van der Waals surface area contributed by atoms with E-state index in [0.29, 0.717) is 13.2 Å². The van der Waals surface area contributed by atoms with Gasteiger partial charge in [0.1, 0.15) is 12.4 Å². The number of amides is 2. The van der Waals surface area contributed by atoms with Crippen LogP contribution in [0.25, 0.3) is 0 Å². The van der Waals surface area contributed by atoms with E-state index in [1.807, 2.05) is 12.1 Å². The van der Waals surface area contributed by atoms with Gasteiger partial charge in [-0.15, -0.1) is 0 Å². The van der Waals surface area contributed by atoms with Crippen LogP contribution in [-0.4, -0.2) is 25.7 Å². The van der Waals surface area contributed by atoms with Crippen LogP contribution < -0.4 is 15.4 Å². The predicted molar refractivity (Wildman–Crippen MR) is 91.6 cm³/mol. The molecule has 4 nitrogen and oxygen atoms in total. The molecule has 2 N–H and O–H groups in total. The van der Waals surface area contributed by atoms with Gasteiger partial charge in [-0.3, -0.25) is 0 Å². The summed E-state index contributed by atoms with van der Waals surface area (Å²) in [6, 6.07) is 7.99. The Hall–Kier alpha value is -1.71. The van der Waals surface area contributed by atoms with Crippen molar-refractivity contribution in [3.63, 3.8) is 0 Å². The SMILES string of the molecule is CCCCCNC(=O)NCCOc1cccc(C(C)(C)C)c1. The molecule has 0 heterocycles. The molecule has 0 atom stereocenters. The van der Waals surface area contributed by atoms with Crippen LogP contribution in [0.5, 0.6) is 5.75 Å². The van der Waals surface area contributed by atoms with Crippen molar-refractivity contribution in [1.82, 2.24) is 10.6 Å². The average molecular weight is 306 g/mol. The summed E-state index contributed by atoms with van der Waals surface area (Å²) < 4.78 is 5.69. The molecular formula is C18H30N2O2. The summed E-state index contributed by atoms with van der Waals surface area (Å²) in [6.07, 6.45) is 3.33. The molecule has 0 aliphatic carbocycles. The van der Waals surface area contributed by atoms with Crippen LogP contribution in [0.4, 0.5) is 4.79 Å². The molecule has 0 spiro atoms. The van der Waals surface area contributed by atoms with Crippen LogP contribution in [0, 0.1) is 0 Å². The lowest BCUT2D eigenvalue weighted by molar-refractivity contribution is 0.236. The van der Waals surface area contributed by atoms with Gasteiger partial charge in [-0.05, 0) is 29.5 Å². The van der Waals surface area contributed by atoms with Crippen molar-refractivity contribution in [2.24, 2.45) is 0 Å². The molecule has 1 aromatic carbocycles. The van der Waals surface area contributed by atoms with Gasteiger partial charge in [0.05, 0.1) is 6.54 Å². The van der Waals surface area contributed by atoms with Gasteiger partial charge in [-0.1, -0.05) is 52.7 Å². The largest absolute Gasteiger partial charge is 0.492 e. The van der Waals surface area contributed by atoms with Crippen molar-refractivity contribution in [1.29, 1.82) is 0 Å². The van der Waals surface area contributed by atoms with E-state index < -0.39 is 0 Å². The van der Waals surface area contributed by atoms with E-state index in [4.69, 9.17) is 4.74 Å². The fourth-order valence-electron chi connectivity index (χ4n) is 2.03. The second-order valence-electron chi connectivity index (χ2n) is 6.52. The minimum absolute atomic E-state index is 0.107. The van der Waals surface area contributed by atoms with E-state index in [1.165, 1.54) is 5.56 Å². The Morgan fingerprint density at radius 1 is 1.14 bits per heavy atom. The van der Waals surface area contributed by atoms with Crippen LogP contribution >= 0.6 is 0 Å². The molecule has 0 aromatic heterocycles. The van der Waals surface area contributed by atoms with Crippen molar-refractivity contribution in [3.8, 4) is 5.75 Å². The van der Waals surface area contributed by atoms with Gasteiger partial charge in [-0.2, -0.15) is 0 Å². The lowest BCUT2D eigenvalue weighted by Gasteiger charge is -2.19. The Labute approximate surface area is 134 Å². The highest BCUT2D eigenvalue weighted by Gasteiger charge is 2.13. The van der Waals surface area contributed by atoms with Gasteiger partial charge in [0.25, 0.3) is 0 Å². The van der Waals surface area contributed by atoms with E-state index in [9.17, 15) is 4.79 Å². The third-order valence-corrected chi connectivity index (χ3v) is 3.42. The van der Waals surface area contributed by atoms with Crippen LogP contribution in [-0.2, 0) is 5.41 Å². The smallest absolute Gasteiger partial charge is 0.314 e. The summed E-state index contributed by atoms with van der Waals surface area (Å²) in [6.45, 7) is 10.4. The summed E-state index contributed by atoms with van der Waals surface area (Å²) in [5.41, 5.74) is 1.35. The minimum atomic E-state index is -0.122. The van der Waals surface area contributed by atoms with Gasteiger partial charge in [0.15, 0.2) is 0 Å². The van der Waals surface area contributed by atoms with Gasteiger partial charge in [0.2, 0.25) is 0 Å². The topological polar surface area (TPSA) is 50.4 Å². The van der Waals surface area contributed by atoms with Crippen molar-refractivity contribution < 1.29 is 9.53 Å². The first-order valence-electron chi connectivity index (χ1n) is 8.18. The van der Waals surface area contributed by atoms with E-state index in [0.717, 1.165) is 31.6 Å². The quantitative estimate of drug-likeness (QED) is 0.717. The number of ether oxygens (including phenoxy) is 1. The number of rotatable bonds is 8. The maximum Gasteiger partial charge on any atom is 0.314 e. The number of carbonyl (C=O) groups is 1. The Morgan fingerprint density at radius 2 is 1.86 bits per heavy atom. The van der Waals surface area contributed by atoms with Crippen molar-refractivity contribution in [2.45, 2.75) is 52.4 Å². The fraction of sp³-hybridized carbons (Fsp3) is 0.611. The zero-order chi connectivity index (χ0) is 16.4. The number of urea groups is 1. The second kappa shape index (κ2) is 9.34. The molecule has 0 radical (unpaired) electrons. The lowest BCUT2D eigenvalue weighted by Crippen LogP contribution is -2.38. The van der Waals surface area contributed by atoms with Crippen LogP contribution in [0.1, 0.15) is 52.5 Å². The van der Waals surface area contributed by atoms with Crippen LogP contribution in [0.15, 0.2) is 24.3 Å². The minimum Gasteiger partial charge on any atom is -0.492 e. The van der Waals surface area contributed by atoms with Gasteiger partial charge in [-0.25, -0.2) is 4.79 Å². The molecule has 0 aliphatic rings. The highest BCUT2D eigenvalue weighted by molar-refractivity contribution is 5.73. The van der Waals surface area contributed by atoms with Crippen LogP contribution in [0.2, 0.25) is 0 Å². The predicted octanol–water partition coefficient (Wildman–Crippen LogP) is 3.85. The van der Waals surface area contributed by atoms with E-state index in [2.05, 4.69) is 50.5 Å². The number of benzene rings is 1. The van der Waals surface area contributed by atoms with Crippen molar-refractivity contribution >= 4 is 6.03 Å². The summed E-state index contributed by atoms with van der Waals surface area (Å²) in [4.78, 5) is 11.5. The molecule has 1 rings (SSSR count). The molecule has 4 heteroatoms. The summed E-state index contributed by atoms with van der Waals surface area (Å²) in [7, 11) is 0. The third kappa shape index (κ3) is 7.34.